The molecule has 25 heavy (non-hydrogen) atoms. The van der Waals surface area contributed by atoms with Crippen LogP contribution in [0.1, 0.15) is 23.2 Å². The van der Waals surface area contributed by atoms with Crippen molar-refractivity contribution >= 4 is 11.7 Å². The second-order valence-electron chi connectivity index (χ2n) is 5.86. The van der Waals surface area contributed by atoms with Crippen LogP contribution in [-0.2, 0) is 0 Å². The summed E-state index contributed by atoms with van der Waals surface area (Å²) in [5.41, 5.74) is 2.38. The fraction of sp³-hybridized carbons (Fsp3) is 0.158. The van der Waals surface area contributed by atoms with Crippen LogP contribution in [0.4, 0.5) is 5.82 Å². The van der Waals surface area contributed by atoms with Crippen LogP contribution in [-0.4, -0.2) is 27.0 Å². The molecule has 1 aliphatic rings. The third-order valence-electron chi connectivity index (χ3n) is 3.82. The lowest BCUT2D eigenvalue weighted by molar-refractivity contribution is 0.102. The minimum absolute atomic E-state index is 0.291. The summed E-state index contributed by atoms with van der Waals surface area (Å²) in [6.45, 7) is 0. The van der Waals surface area contributed by atoms with Crippen molar-refractivity contribution in [1.29, 1.82) is 0 Å². The first-order valence-electron chi connectivity index (χ1n) is 8.07. The number of hydrogen-bond donors (Lipinski definition) is 1. The van der Waals surface area contributed by atoms with Crippen molar-refractivity contribution in [2.45, 2.75) is 18.9 Å². The van der Waals surface area contributed by atoms with E-state index in [0.717, 1.165) is 29.7 Å². The molecule has 0 spiro atoms. The summed E-state index contributed by atoms with van der Waals surface area (Å²) >= 11 is 0. The molecule has 4 rings (SSSR count). The number of aromatic nitrogens is 3. The number of hydrogen-bond acceptors (Lipinski definition) is 5. The standard InChI is InChI=1S/C19H16N4O2/c24-19(15-9-20-12-21-10-15)23-18-7-4-14(11-22-18)13-2-1-3-17(8-13)25-16-5-6-16/h1-4,7-12,16H,5-6H2,(H,22,23,24). The third-order valence-corrected chi connectivity index (χ3v) is 3.82. The minimum atomic E-state index is -0.291. The van der Waals surface area contributed by atoms with Crippen LogP contribution in [0.25, 0.3) is 11.1 Å². The SMILES string of the molecule is O=C(Nc1ccc(-c2cccc(OC3CC3)c2)cn1)c1cncnc1. The molecule has 6 heteroatoms. The largest absolute Gasteiger partial charge is 0.490 e. The van der Waals surface area contributed by atoms with Crippen molar-refractivity contribution in [3.63, 3.8) is 0 Å². The second-order valence-corrected chi connectivity index (χ2v) is 5.86. The van der Waals surface area contributed by atoms with E-state index in [0.29, 0.717) is 17.5 Å². The summed E-state index contributed by atoms with van der Waals surface area (Å²) in [5, 5.41) is 2.73. The first kappa shape index (κ1) is 15.3. The Labute approximate surface area is 144 Å². The van der Waals surface area contributed by atoms with Crippen molar-refractivity contribution in [2.24, 2.45) is 0 Å². The smallest absolute Gasteiger partial charge is 0.259 e. The van der Waals surface area contributed by atoms with Crippen LogP contribution < -0.4 is 10.1 Å². The second kappa shape index (κ2) is 6.68. The molecule has 1 N–H and O–H groups in total. The van der Waals surface area contributed by atoms with Gasteiger partial charge in [0.15, 0.2) is 0 Å². The molecular formula is C19H16N4O2. The van der Waals surface area contributed by atoms with Gasteiger partial charge in [-0.1, -0.05) is 12.1 Å². The summed E-state index contributed by atoms with van der Waals surface area (Å²) in [6, 6.07) is 11.6. The lowest BCUT2D eigenvalue weighted by Crippen LogP contribution is -2.13. The maximum atomic E-state index is 12.1. The highest BCUT2D eigenvalue weighted by Gasteiger charge is 2.23. The molecule has 0 saturated heterocycles. The summed E-state index contributed by atoms with van der Waals surface area (Å²) in [5.74, 6) is 1.06. The third kappa shape index (κ3) is 3.80. The average molecular weight is 332 g/mol. The molecule has 0 radical (unpaired) electrons. The van der Waals surface area contributed by atoms with Gasteiger partial charge >= 0.3 is 0 Å². The molecule has 1 amide bonds. The van der Waals surface area contributed by atoms with E-state index in [2.05, 4.69) is 20.3 Å². The number of rotatable bonds is 5. The number of amides is 1. The Bertz CT molecular complexity index is 877. The molecule has 0 bridgehead atoms. The number of pyridine rings is 1. The Morgan fingerprint density at radius 3 is 2.60 bits per heavy atom. The Morgan fingerprint density at radius 1 is 1.04 bits per heavy atom. The number of benzene rings is 1. The molecular weight excluding hydrogens is 316 g/mol. The first-order chi connectivity index (χ1) is 12.3. The Hall–Kier alpha value is -3.28. The number of anilines is 1. The fourth-order valence-corrected chi connectivity index (χ4v) is 2.37. The maximum Gasteiger partial charge on any atom is 0.259 e. The molecule has 1 saturated carbocycles. The van der Waals surface area contributed by atoms with E-state index in [9.17, 15) is 4.79 Å². The average Bonchev–Trinajstić information content (AvgIpc) is 3.47. The predicted molar refractivity (Wildman–Crippen MR) is 93.3 cm³/mol. The van der Waals surface area contributed by atoms with Gasteiger partial charge in [0, 0.05) is 24.2 Å². The van der Waals surface area contributed by atoms with Crippen LogP contribution in [0.3, 0.4) is 0 Å². The van der Waals surface area contributed by atoms with Gasteiger partial charge in [-0.15, -0.1) is 0 Å². The molecule has 0 aliphatic heterocycles. The zero-order valence-corrected chi connectivity index (χ0v) is 13.4. The van der Waals surface area contributed by atoms with E-state index in [-0.39, 0.29) is 5.91 Å². The van der Waals surface area contributed by atoms with Crippen LogP contribution in [0.2, 0.25) is 0 Å². The van der Waals surface area contributed by atoms with Gasteiger partial charge in [0.25, 0.3) is 5.91 Å². The Kier molecular flexibility index (Phi) is 4.08. The van der Waals surface area contributed by atoms with Crippen LogP contribution in [0.15, 0.2) is 61.3 Å². The van der Waals surface area contributed by atoms with Crippen LogP contribution >= 0.6 is 0 Å². The van der Waals surface area contributed by atoms with E-state index >= 15 is 0 Å². The van der Waals surface area contributed by atoms with Gasteiger partial charge in [-0.05, 0) is 42.7 Å². The molecule has 124 valence electrons. The van der Waals surface area contributed by atoms with E-state index in [4.69, 9.17) is 4.74 Å². The van der Waals surface area contributed by atoms with E-state index in [1.165, 1.54) is 18.7 Å². The molecule has 0 atom stereocenters. The zero-order chi connectivity index (χ0) is 17.1. The molecule has 6 nitrogen and oxygen atoms in total. The van der Waals surface area contributed by atoms with Crippen LogP contribution in [0.5, 0.6) is 5.75 Å². The first-order valence-corrected chi connectivity index (χ1v) is 8.07. The van der Waals surface area contributed by atoms with Gasteiger partial charge in [-0.2, -0.15) is 0 Å². The Morgan fingerprint density at radius 2 is 1.88 bits per heavy atom. The predicted octanol–water partition coefficient (Wildman–Crippen LogP) is 3.33. The van der Waals surface area contributed by atoms with E-state index in [1.54, 1.807) is 12.3 Å². The van der Waals surface area contributed by atoms with Crippen LogP contribution in [0, 0.1) is 0 Å². The number of carbonyl (C=O) groups excluding carboxylic acids is 1. The normalized spacial score (nSPS) is 13.3. The topological polar surface area (TPSA) is 77.0 Å². The molecule has 2 heterocycles. The van der Waals surface area contributed by atoms with Crippen molar-refractivity contribution in [1.82, 2.24) is 15.0 Å². The number of ether oxygens (including phenoxy) is 1. The molecule has 1 fully saturated rings. The van der Waals surface area contributed by atoms with Gasteiger partial charge in [0.2, 0.25) is 0 Å². The van der Waals surface area contributed by atoms with Gasteiger partial charge in [0.05, 0.1) is 11.7 Å². The zero-order valence-electron chi connectivity index (χ0n) is 13.4. The summed E-state index contributed by atoms with van der Waals surface area (Å²) < 4.78 is 5.82. The van der Waals surface area contributed by atoms with Gasteiger partial charge in [0.1, 0.15) is 17.9 Å². The molecule has 1 aromatic carbocycles. The van der Waals surface area contributed by atoms with Crippen molar-refractivity contribution < 1.29 is 9.53 Å². The maximum absolute atomic E-state index is 12.1. The number of carbonyl (C=O) groups is 1. The number of nitrogens with one attached hydrogen (secondary N) is 1. The molecule has 2 aromatic heterocycles. The monoisotopic (exact) mass is 332 g/mol. The highest BCUT2D eigenvalue weighted by atomic mass is 16.5. The van der Waals surface area contributed by atoms with Crippen molar-refractivity contribution in [3.05, 3.63) is 66.9 Å². The van der Waals surface area contributed by atoms with Gasteiger partial charge in [-0.3, -0.25) is 4.79 Å². The highest BCUT2D eigenvalue weighted by molar-refractivity contribution is 6.03. The summed E-state index contributed by atoms with van der Waals surface area (Å²) in [4.78, 5) is 24.0. The molecule has 1 aliphatic carbocycles. The van der Waals surface area contributed by atoms with Crippen molar-refractivity contribution in [3.8, 4) is 16.9 Å². The fourth-order valence-electron chi connectivity index (χ4n) is 2.37. The number of nitrogens with zero attached hydrogens (tertiary/aromatic N) is 3. The lowest BCUT2D eigenvalue weighted by Gasteiger charge is -2.08. The minimum Gasteiger partial charge on any atom is -0.490 e. The summed E-state index contributed by atoms with van der Waals surface area (Å²) in [7, 11) is 0. The summed E-state index contributed by atoms with van der Waals surface area (Å²) in [6.07, 6.45) is 8.66. The highest BCUT2D eigenvalue weighted by Crippen LogP contribution is 2.29. The quantitative estimate of drug-likeness (QED) is 0.775. The van der Waals surface area contributed by atoms with Crippen molar-refractivity contribution in [2.75, 3.05) is 5.32 Å². The van der Waals surface area contributed by atoms with Gasteiger partial charge < -0.3 is 10.1 Å². The molecule has 0 unspecified atom stereocenters. The van der Waals surface area contributed by atoms with E-state index < -0.39 is 0 Å². The van der Waals surface area contributed by atoms with Gasteiger partial charge in [-0.25, -0.2) is 15.0 Å². The van der Waals surface area contributed by atoms with E-state index in [1.807, 2.05) is 30.3 Å². The Balaban J connectivity index is 1.47. The lowest BCUT2D eigenvalue weighted by atomic mass is 10.1. The molecule has 3 aromatic rings.